The molecule has 168 valence electrons. The monoisotopic (exact) mass is 433 g/mol. The molecule has 0 aliphatic heterocycles. The number of hydrogen-bond donors (Lipinski definition) is 5. The molecule has 2 aromatic rings. The zero-order valence-corrected chi connectivity index (χ0v) is 17.6. The zero-order chi connectivity index (χ0) is 23.2. The van der Waals surface area contributed by atoms with Gasteiger partial charge in [0.05, 0.1) is 0 Å². The van der Waals surface area contributed by atoms with Crippen LogP contribution in [0.3, 0.4) is 0 Å². The summed E-state index contributed by atoms with van der Waals surface area (Å²) in [4.78, 5) is 50.5. The van der Waals surface area contributed by atoms with Gasteiger partial charge in [0.25, 0.3) is 0 Å². The maximum absolute atomic E-state index is 12.7. The maximum Gasteiger partial charge on any atom is 0.408 e. The molecule has 1 heterocycles. The Bertz CT molecular complexity index is 961. The number of hydrogen-bond acceptors (Lipinski definition) is 5. The van der Waals surface area contributed by atoms with Gasteiger partial charge in [0.1, 0.15) is 17.7 Å². The SMILES string of the molecule is CC(C)(C)OC(=O)N[C@@H](CCC(=O)O)C(=O)N[C@H](Cc1c[nH]c2ccccc12)C(=O)O. The second-order valence-corrected chi connectivity index (χ2v) is 8.09. The van der Waals surface area contributed by atoms with Gasteiger partial charge in [-0.25, -0.2) is 9.59 Å². The summed E-state index contributed by atoms with van der Waals surface area (Å²) in [5.41, 5.74) is 0.709. The number of aliphatic carboxylic acids is 2. The van der Waals surface area contributed by atoms with E-state index in [4.69, 9.17) is 9.84 Å². The number of amides is 2. The summed E-state index contributed by atoms with van der Waals surface area (Å²) >= 11 is 0. The lowest BCUT2D eigenvalue weighted by Gasteiger charge is -2.24. The number of ether oxygens (including phenoxy) is 1. The third-order valence-corrected chi connectivity index (χ3v) is 4.37. The highest BCUT2D eigenvalue weighted by Crippen LogP contribution is 2.19. The van der Waals surface area contributed by atoms with E-state index in [0.717, 1.165) is 10.9 Å². The molecule has 10 nitrogen and oxygen atoms in total. The van der Waals surface area contributed by atoms with Crippen molar-refractivity contribution in [2.75, 3.05) is 0 Å². The van der Waals surface area contributed by atoms with Crippen molar-refractivity contribution in [2.45, 2.75) is 57.7 Å². The van der Waals surface area contributed by atoms with E-state index in [1.165, 1.54) is 0 Å². The first-order valence-corrected chi connectivity index (χ1v) is 9.75. The smallest absolute Gasteiger partial charge is 0.408 e. The predicted octanol–water partition coefficient (Wildman–Crippen LogP) is 2.04. The number of aromatic amines is 1. The van der Waals surface area contributed by atoms with Crippen LogP contribution in [0.25, 0.3) is 10.9 Å². The number of carboxylic acid groups (broad SMARTS) is 2. The maximum atomic E-state index is 12.7. The normalized spacial score (nSPS) is 13.3. The minimum absolute atomic E-state index is 0.00315. The van der Waals surface area contributed by atoms with E-state index in [0.29, 0.717) is 5.56 Å². The number of carbonyl (C=O) groups is 4. The average molecular weight is 433 g/mol. The van der Waals surface area contributed by atoms with Crippen LogP contribution in [0.5, 0.6) is 0 Å². The minimum atomic E-state index is -1.28. The second-order valence-electron chi connectivity index (χ2n) is 8.09. The first-order chi connectivity index (χ1) is 14.5. The van der Waals surface area contributed by atoms with Crippen LogP contribution in [0.4, 0.5) is 4.79 Å². The van der Waals surface area contributed by atoms with E-state index >= 15 is 0 Å². The van der Waals surface area contributed by atoms with Crippen LogP contribution in [-0.4, -0.2) is 56.8 Å². The number of nitrogens with one attached hydrogen (secondary N) is 3. The molecule has 0 fully saturated rings. The number of carboxylic acids is 2. The van der Waals surface area contributed by atoms with Gasteiger partial charge in [0, 0.05) is 29.9 Å². The number of benzene rings is 1. The molecule has 2 amide bonds. The molecule has 0 saturated carbocycles. The molecule has 0 aliphatic carbocycles. The second kappa shape index (κ2) is 9.96. The standard InChI is InChI=1S/C21H27N3O7/c1-21(2,3)31-20(30)24-15(8-9-17(25)26)18(27)23-16(19(28)29)10-12-11-22-14-7-5-4-6-13(12)14/h4-7,11,15-16,22H,8-10H2,1-3H3,(H,23,27)(H,24,30)(H,25,26)(H,28,29)/t15-,16+/m0/s1. The summed E-state index contributed by atoms with van der Waals surface area (Å²) < 4.78 is 5.11. The highest BCUT2D eigenvalue weighted by Gasteiger charge is 2.29. The van der Waals surface area contributed by atoms with Gasteiger partial charge in [-0.2, -0.15) is 0 Å². The van der Waals surface area contributed by atoms with E-state index < -0.39 is 48.0 Å². The summed E-state index contributed by atoms with van der Waals surface area (Å²) in [5, 5.41) is 24.1. The van der Waals surface area contributed by atoms with Crippen LogP contribution in [0.2, 0.25) is 0 Å². The molecule has 5 N–H and O–H groups in total. The number of H-pyrrole nitrogens is 1. The van der Waals surface area contributed by atoms with Gasteiger partial charge in [-0.1, -0.05) is 18.2 Å². The van der Waals surface area contributed by atoms with Crippen LogP contribution in [0, 0.1) is 0 Å². The van der Waals surface area contributed by atoms with E-state index in [2.05, 4.69) is 15.6 Å². The molecule has 10 heteroatoms. The molecule has 2 rings (SSSR count). The molecule has 0 aliphatic rings. The molecule has 0 spiro atoms. The van der Waals surface area contributed by atoms with Crippen LogP contribution < -0.4 is 10.6 Å². The van der Waals surface area contributed by atoms with Crippen molar-refractivity contribution >= 4 is 34.8 Å². The number of rotatable bonds is 9. The van der Waals surface area contributed by atoms with E-state index in [1.807, 2.05) is 24.3 Å². The molecule has 31 heavy (non-hydrogen) atoms. The van der Waals surface area contributed by atoms with E-state index in [-0.39, 0.29) is 12.8 Å². The average Bonchev–Trinajstić information content (AvgIpc) is 3.05. The van der Waals surface area contributed by atoms with Gasteiger partial charge in [-0.15, -0.1) is 0 Å². The van der Waals surface area contributed by atoms with Crippen LogP contribution in [0.1, 0.15) is 39.2 Å². The minimum Gasteiger partial charge on any atom is -0.481 e. The Morgan fingerprint density at radius 2 is 1.74 bits per heavy atom. The van der Waals surface area contributed by atoms with Crippen molar-refractivity contribution in [1.29, 1.82) is 0 Å². The highest BCUT2D eigenvalue weighted by molar-refractivity contribution is 5.90. The Morgan fingerprint density at radius 1 is 1.06 bits per heavy atom. The fraction of sp³-hybridized carbons (Fsp3) is 0.429. The van der Waals surface area contributed by atoms with Gasteiger partial charge in [0.2, 0.25) is 5.91 Å². The van der Waals surface area contributed by atoms with Gasteiger partial charge in [0.15, 0.2) is 0 Å². The lowest BCUT2D eigenvalue weighted by Crippen LogP contribution is -2.53. The largest absolute Gasteiger partial charge is 0.481 e. The summed E-state index contributed by atoms with van der Waals surface area (Å²) in [5.74, 6) is -3.22. The zero-order valence-electron chi connectivity index (χ0n) is 17.6. The van der Waals surface area contributed by atoms with Gasteiger partial charge in [-0.05, 0) is 38.8 Å². The van der Waals surface area contributed by atoms with Crippen LogP contribution >= 0.6 is 0 Å². The Kier molecular flexibility index (Phi) is 7.62. The van der Waals surface area contributed by atoms with Crippen molar-refractivity contribution in [3.63, 3.8) is 0 Å². The topological polar surface area (TPSA) is 158 Å². The van der Waals surface area contributed by atoms with E-state index in [1.54, 1.807) is 27.0 Å². The molecular formula is C21H27N3O7. The molecule has 1 aromatic heterocycles. The van der Waals surface area contributed by atoms with Gasteiger partial charge >= 0.3 is 18.0 Å². The predicted molar refractivity (Wildman–Crippen MR) is 112 cm³/mol. The number of aromatic nitrogens is 1. The van der Waals surface area contributed by atoms with Crippen LogP contribution in [0.15, 0.2) is 30.5 Å². The molecule has 0 radical (unpaired) electrons. The molecular weight excluding hydrogens is 406 g/mol. The Labute approximate surface area is 179 Å². The number of carbonyl (C=O) groups excluding carboxylic acids is 2. The molecule has 1 aromatic carbocycles. The molecule has 0 unspecified atom stereocenters. The fourth-order valence-corrected chi connectivity index (χ4v) is 2.98. The molecule has 0 saturated heterocycles. The quantitative estimate of drug-likeness (QED) is 0.405. The Hall–Kier alpha value is -3.56. The summed E-state index contributed by atoms with van der Waals surface area (Å²) in [6.07, 6.45) is 0.159. The summed E-state index contributed by atoms with van der Waals surface area (Å²) in [6, 6.07) is 4.80. The Balaban J connectivity index is 2.13. The first-order valence-electron chi connectivity index (χ1n) is 9.75. The Morgan fingerprint density at radius 3 is 2.35 bits per heavy atom. The molecule has 0 bridgehead atoms. The van der Waals surface area contributed by atoms with Gasteiger partial charge in [-0.3, -0.25) is 9.59 Å². The third kappa shape index (κ3) is 7.32. The van der Waals surface area contributed by atoms with Crippen molar-refractivity contribution in [2.24, 2.45) is 0 Å². The lowest BCUT2D eigenvalue weighted by atomic mass is 10.0. The van der Waals surface area contributed by atoms with Crippen molar-refractivity contribution < 1.29 is 34.1 Å². The number of fused-ring (bicyclic) bond motifs is 1. The number of para-hydroxylation sites is 1. The molecule has 2 atom stereocenters. The van der Waals surface area contributed by atoms with Crippen molar-refractivity contribution in [3.8, 4) is 0 Å². The summed E-state index contributed by atoms with van der Waals surface area (Å²) in [6.45, 7) is 4.92. The highest BCUT2D eigenvalue weighted by atomic mass is 16.6. The fourth-order valence-electron chi connectivity index (χ4n) is 2.98. The first kappa shape index (κ1) is 23.7. The van der Waals surface area contributed by atoms with E-state index in [9.17, 15) is 24.3 Å². The van der Waals surface area contributed by atoms with Crippen LogP contribution in [-0.2, 0) is 25.5 Å². The number of alkyl carbamates (subject to hydrolysis) is 1. The third-order valence-electron chi connectivity index (χ3n) is 4.37. The lowest BCUT2D eigenvalue weighted by molar-refractivity contribution is -0.142. The summed E-state index contributed by atoms with van der Waals surface area (Å²) in [7, 11) is 0. The van der Waals surface area contributed by atoms with Crippen molar-refractivity contribution in [1.82, 2.24) is 15.6 Å². The van der Waals surface area contributed by atoms with Crippen molar-refractivity contribution in [3.05, 3.63) is 36.0 Å². The van der Waals surface area contributed by atoms with Gasteiger partial charge < -0.3 is 30.6 Å².